The molecule has 0 spiro atoms. The van der Waals surface area contributed by atoms with Crippen molar-refractivity contribution >= 4 is 45.1 Å². The van der Waals surface area contributed by atoms with E-state index in [4.69, 9.17) is 0 Å². The second-order valence-electron chi connectivity index (χ2n) is 4.66. The Morgan fingerprint density at radius 2 is 1.87 bits per heavy atom. The molecule has 0 bridgehead atoms. The lowest BCUT2D eigenvalue weighted by Gasteiger charge is -2.07. The first-order valence-corrected chi connectivity index (χ1v) is 8.33. The number of amides is 1. The smallest absolute Gasteiger partial charge is 0.234 e. The fourth-order valence-electron chi connectivity index (χ4n) is 1.76. The number of carbonyl (C=O) groups is 2. The summed E-state index contributed by atoms with van der Waals surface area (Å²) in [5.74, 6) is -1.89. The van der Waals surface area contributed by atoms with E-state index in [1.54, 1.807) is 6.07 Å². The van der Waals surface area contributed by atoms with E-state index in [0.29, 0.717) is 4.47 Å². The van der Waals surface area contributed by atoms with Crippen molar-refractivity contribution in [3.05, 3.63) is 58.1 Å². The highest BCUT2D eigenvalue weighted by molar-refractivity contribution is 9.10. The first-order chi connectivity index (χ1) is 10.9. The molecular weight excluding hydrogens is 388 g/mol. The summed E-state index contributed by atoms with van der Waals surface area (Å²) in [5, 5.41) is 2.42. The predicted octanol–water partition coefficient (Wildman–Crippen LogP) is 4.66. The van der Waals surface area contributed by atoms with Crippen LogP contribution in [-0.2, 0) is 4.79 Å². The maximum atomic E-state index is 13.8. The van der Waals surface area contributed by atoms with Crippen LogP contribution in [0.25, 0.3) is 0 Å². The standard InChI is InChI=1S/C16H12BrF2NO2S/c1-9(21)10-2-5-15(13(19)6-10)23-8-16(22)20-14-4-3-11(17)7-12(14)18/h2-7H,8H2,1H3,(H,20,22). The van der Waals surface area contributed by atoms with Gasteiger partial charge in [0, 0.05) is 14.9 Å². The molecule has 7 heteroatoms. The van der Waals surface area contributed by atoms with Gasteiger partial charge in [0.25, 0.3) is 0 Å². The van der Waals surface area contributed by atoms with Crippen LogP contribution >= 0.6 is 27.7 Å². The Morgan fingerprint density at radius 1 is 1.13 bits per heavy atom. The van der Waals surface area contributed by atoms with Crippen LogP contribution in [-0.4, -0.2) is 17.4 Å². The number of Topliss-reactive ketones (excluding diaryl/α,β-unsaturated/α-hetero) is 1. The number of anilines is 1. The van der Waals surface area contributed by atoms with Gasteiger partial charge in [0.15, 0.2) is 5.78 Å². The quantitative estimate of drug-likeness (QED) is 0.587. The van der Waals surface area contributed by atoms with Gasteiger partial charge in [-0.1, -0.05) is 22.0 Å². The van der Waals surface area contributed by atoms with Crippen molar-refractivity contribution in [3.63, 3.8) is 0 Å². The Bertz CT molecular complexity index is 768. The lowest BCUT2D eigenvalue weighted by molar-refractivity contribution is -0.113. The van der Waals surface area contributed by atoms with Gasteiger partial charge in [0.05, 0.1) is 11.4 Å². The highest BCUT2D eigenvalue weighted by Gasteiger charge is 2.11. The lowest BCUT2D eigenvalue weighted by Crippen LogP contribution is -2.15. The molecule has 0 heterocycles. The molecule has 2 rings (SSSR count). The van der Waals surface area contributed by atoms with Crippen molar-refractivity contribution in [2.75, 3.05) is 11.1 Å². The number of ketones is 1. The Kier molecular flexibility index (Phi) is 5.90. The first-order valence-electron chi connectivity index (χ1n) is 6.55. The van der Waals surface area contributed by atoms with Crippen molar-refractivity contribution < 1.29 is 18.4 Å². The minimum absolute atomic E-state index is 0.0613. The molecule has 0 aliphatic carbocycles. The van der Waals surface area contributed by atoms with Gasteiger partial charge in [-0.2, -0.15) is 0 Å². The predicted molar refractivity (Wildman–Crippen MR) is 89.9 cm³/mol. The Hall–Kier alpha value is -1.73. The van der Waals surface area contributed by atoms with Gasteiger partial charge in [-0.15, -0.1) is 11.8 Å². The normalized spacial score (nSPS) is 10.4. The molecule has 2 aromatic carbocycles. The van der Waals surface area contributed by atoms with Crippen LogP contribution in [0.4, 0.5) is 14.5 Å². The van der Waals surface area contributed by atoms with Crippen LogP contribution < -0.4 is 5.32 Å². The number of rotatable bonds is 5. The van der Waals surface area contributed by atoms with Crippen LogP contribution in [0, 0.1) is 11.6 Å². The molecule has 0 saturated carbocycles. The zero-order valence-electron chi connectivity index (χ0n) is 12.0. The topological polar surface area (TPSA) is 46.2 Å². The van der Waals surface area contributed by atoms with E-state index in [0.717, 1.165) is 17.8 Å². The van der Waals surface area contributed by atoms with E-state index in [9.17, 15) is 18.4 Å². The van der Waals surface area contributed by atoms with Gasteiger partial charge in [-0.25, -0.2) is 8.78 Å². The monoisotopic (exact) mass is 399 g/mol. The van der Waals surface area contributed by atoms with Gasteiger partial charge in [0.2, 0.25) is 5.91 Å². The number of hydrogen-bond acceptors (Lipinski definition) is 3. The van der Waals surface area contributed by atoms with Gasteiger partial charge >= 0.3 is 0 Å². The van der Waals surface area contributed by atoms with Gasteiger partial charge in [0.1, 0.15) is 11.6 Å². The van der Waals surface area contributed by atoms with E-state index in [1.165, 1.54) is 31.2 Å². The third-order valence-electron chi connectivity index (χ3n) is 2.90. The average molecular weight is 400 g/mol. The molecule has 23 heavy (non-hydrogen) atoms. The van der Waals surface area contributed by atoms with Crippen LogP contribution in [0.15, 0.2) is 45.8 Å². The van der Waals surface area contributed by atoms with Crippen molar-refractivity contribution in [2.24, 2.45) is 0 Å². The molecule has 0 radical (unpaired) electrons. The summed E-state index contributed by atoms with van der Waals surface area (Å²) in [6.45, 7) is 1.35. The van der Waals surface area contributed by atoms with Crippen molar-refractivity contribution in [1.29, 1.82) is 0 Å². The second kappa shape index (κ2) is 7.70. The average Bonchev–Trinajstić information content (AvgIpc) is 2.48. The maximum absolute atomic E-state index is 13.8. The minimum atomic E-state index is -0.565. The number of hydrogen-bond donors (Lipinski definition) is 1. The molecule has 0 aliphatic heterocycles. The molecule has 2 aromatic rings. The Morgan fingerprint density at radius 3 is 2.48 bits per heavy atom. The summed E-state index contributed by atoms with van der Waals surface area (Å²) in [6.07, 6.45) is 0. The first kappa shape index (κ1) is 17.6. The van der Waals surface area contributed by atoms with Crippen LogP contribution in [0.5, 0.6) is 0 Å². The van der Waals surface area contributed by atoms with E-state index in [-0.39, 0.29) is 27.7 Å². The summed E-state index contributed by atoms with van der Waals surface area (Å²) in [5.41, 5.74) is 0.333. The second-order valence-corrected chi connectivity index (χ2v) is 6.60. The number of thioether (sulfide) groups is 1. The SMILES string of the molecule is CC(=O)c1ccc(SCC(=O)Nc2ccc(Br)cc2F)c(F)c1. The molecule has 0 aromatic heterocycles. The summed E-state index contributed by atoms with van der Waals surface area (Å²) < 4.78 is 28.0. The summed E-state index contributed by atoms with van der Waals surface area (Å²) in [4.78, 5) is 23.2. The van der Waals surface area contributed by atoms with E-state index >= 15 is 0 Å². The van der Waals surface area contributed by atoms with Crippen LogP contribution in [0.2, 0.25) is 0 Å². The number of benzene rings is 2. The van der Waals surface area contributed by atoms with Gasteiger partial charge < -0.3 is 5.32 Å². The third kappa shape index (κ3) is 4.87. The highest BCUT2D eigenvalue weighted by Crippen LogP contribution is 2.24. The molecule has 0 saturated heterocycles. The molecule has 0 unspecified atom stereocenters. The Balaban J connectivity index is 1.98. The zero-order chi connectivity index (χ0) is 17.0. The number of carbonyl (C=O) groups excluding carboxylic acids is 2. The number of nitrogens with one attached hydrogen (secondary N) is 1. The fraction of sp³-hybridized carbons (Fsp3) is 0.125. The van der Waals surface area contributed by atoms with Crippen LogP contribution in [0.1, 0.15) is 17.3 Å². The van der Waals surface area contributed by atoms with Gasteiger partial charge in [-0.3, -0.25) is 9.59 Å². The molecule has 1 amide bonds. The number of halogens is 3. The van der Waals surface area contributed by atoms with E-state index in [2.05, 4.69) is 21.2 Å². The summed E-state index contributed by atoms with van der Waals surface area (Å²) in [6, 6.07) is 8.36. The molecule has 0 aliphatic rings. The molecule has 0 fully saturated rings. The van der Waals surface area contributed by atoms with Crippen LogP contribution in [0.3, 0.4) is 0 Å². The van der Waals surface area contributed by atoms with Crippen molar-refractivity contribution in [1.82, 2.24) is 0 Å². The largest absolute Gasteiger partial charge is 0.323 e. The zero-order valence-corrected chi connectivity index (χ0v) is 14.4. The molecular formula is C16H12BrF2NO2S. The molecule has 0 atom stereocenters. The minimum Gasteiger partial charge on any atom is -0.323 e. The molecule has 120 valence electrons. The summed E-state index contributed by atoms with van der Waals surface area (Å²) >= 11 is 4.10. The van der Waals surface area contributed by atoms with Crippen molar-refractivity contribution in [3.8, 4) is 0 Å². The van der Waals surface area contributed by atoms with Crippen molar-refractivity contribution in [2.45, 2.75) is 11.8 Å². The fourth-order valence-corrected chi connectivity index (χ4v) is 2.81. The van der Waals surface area contributed by atoms with E-state index < -0.39 is 17.5 Å². The molecule has 1 N–H and O–H groups in total. The summed E-state index contributed by atoms with van der Waals surface area (Å²) in [7, 11) is 0. The Labute approximate surface area is 144 Å². The highest BCUT2D eigenvalue weighted by atomic mass is 79.9. The van der Waals surface area contributed by atoms with Gasteiger partial charge in [-0.05, 0) is 37.3 Å². The lowest BCUT2D eigenvalue weighted by atomic mass is 10.1. The maximum Gasteiger partial charge on any atom is 0.234 e. The third-order valence-corrected chi connectivity index (χ3v) is 4.44. The van der Waals surface area contributed by atoms with E-state index in [1.807, 2.05) is 0 Å². The molecule has 3 nitrogen and oxygen atoms in total.